The van der Waals surface area contributed by atoms with Crippen molar-refractivity contribution in [3.8, 4) is 0 Å². The Bertz CT molecular complexity index is 263. The van der Waals surface area contributed by atoms with Gasteiger partial charge in [0.15, 0.2) is 0 Å². The molecule has 0 saturated carbocycles. The minimum absolute atomic E-state index is 0.724. The molecule has 1 rings (SSSR count). The lowest BCUT2D eigenvalue weighted by Crippen LogP contribution is -2.36. The van der Waals surface area contributed by atoms with E-state index in [2.05, 4.69) is 17.4 Å². The second-order valence-corrected chi connectivity index (χ2v) is 5.00. The van der Waals surface area contributed by atoms with Crippen LogP contribution in [0.1, 0.15) is 19.4 Å². The largest absolute Gasteiger partial charge is 0.399 e. The molecule has 0 fully saturated rings. The lowest BCUT2D eigenvalue weighted by Gasteiger charge is -2.13. The van der Waals surface area contributed by atoms with Gasteiger partial charge < -0.3 is 14.2 Å². The summed E-state index contributed by atoms with van der Waals surface area (Å²) < 4.78 is 11.1. The van der Waals surface area contributed by atoms with E-state index in [4.69, 9.17) is 8.85 Å². The van der Waals surface area contributed by atoms with Gasteiger partial charge in [-0.1, -0.05) is 30.3 Å². The van der Waals surface area contributed by atoms with Crippen LogP contribution in [0.25, 0.3) is 0 Å². The number of hydrogen-bond acceptors (Lipinski definition) is 3. The highest BCUT2D eigenvalue weighted by Crippen LogP contribution is 1.97. The fourth-order valence-corrected chi connectivity index (χ4v) is 2.63. The van der Waals surface area contributed by atoms with E-state index < -0.39 is 9.28 Å². The normalized spacial score (nSPS) is 10.9. The number of hydrogen-bond donors (Lipinski definition) is 1. The molecular weight excluding hydrogens is 218 g/mol. The number of nitrogens with one attached hydrogen (secondary N) is 1. The van der Waals surface area contributed by atoms with Crippen LogP contribution in [-0.2, 0) is 15.4 Å². The van der Waals surface area contributed by atoms with E-state index in [0.717, 1.165) is 25.9 Å². The van der Waals surface area contributed by atoms with Gasteiger partial charge in [-0.05, 0) is 19.4 Å². The predicted octanol–water partition coefficient (Wildman–Crippen LogP) is 1.88. The molecule has 0 bridgehead atoms. The summed E-state index contributed by atoms with van der Waals surface area (Å²) in [6.07, 6.45) is 0.821. The van der Waals surface area contributed by atoms with Gasteiger partial charge in [0.25, 0.3) is 0 Å². The maximum atomic E-state index is 5.54. The van der Waals surface area contributed by atoms with Crippen LogP contribution in [0.4, 0.5) is 0 Å². The molecule has 0 spiro atoms. The molecule has 3 nitrogen and oxygen atoms in total. The topological polar surface area (TPSA) is 30.5 Å². The summed E-state index contributed by atoms with van der Waals surface area (Å²) in [7, 11) is -1.13. The molecule has 0 aliphatic heterocycles. The Morgan fingerprint density at radius 3 is 2.25 bits per heavy atom. The molecule has 4 heteroatoms. The quantitative estimate of drug-likeness (QED) is 0.701. The molecule has 1 N–H and O–H groups in total. The molecule has 1 aromatic rings. The lowest BCUT2D eigenvalue weighted by molar-refractivity contribution is 0.211. The van der Waals surface area contributed by atoms with Crippen LogP contribution in [0.15, 0.2) is 30.3 Å². The van der Waals surface area contributed by atoms with Crippen molar-refractivity contribution in [1.82, 2.24) is 5.32 Å². The van der Waals surface area contributed by atoms with E-state index in [1.54, 1.807) is 0 Å². The van der Waals surface area contributed by atoms with Gasteiger partial charge in [0.1, 0.15) is 0 Å². The molecule has 1 radical (unpaired) electrons. The van der Waals surface area contributed by atoms with Gasteiger partial charge in [0, 0.05) is 25.9 Å². The Balaban J connectivity index is 2.22. The van der Waals surface area contributed by atoms with Crippen molar-refractivity contribution < 1.29 is 8.85 Å². The molecule has 0 heterocycles. The maximum Gasteiger partial charge on any atom is 0.399 e. The van der Waals surface area contributed by atoms with Crippen LogP contribution in [0.3, 0.4) is 0 Å². The second kappa shape index (κ2) is 8.47. The van der Waals surface area contributed by atoms with E-state index in [-0.39, 0.29) is 0 Å². The second-order valence-electron chi connectivity index (χ2n) is 3.33. The van der Waals surface area contributed by atoms with Crippen molar-refractivity contribution >= 4 is 9.28 Å². The first kappa shape index (κ1) is 13.4. The van der Waals surface area contributed by atoms with Crippen molar-refractivity contribution in [2.75, 3.05) is 19.4 Å². The van der Waals surface area contributed by atoms with Crippen molar-refractivity contribution in [3.63, 3.8) is 0 Å². The molecular formula is C12H20NO2Si. The van der Waals surface area contributed by atoms with Gasteiger partial charge in [-0.3, -0.25) is 0 Å². The fourth-order valence-electron chi connectivity index (χ4n) is 1.37. The van der Waals surface area contributed by atoms with E-state index >= 15 is 0 Å². The Labute approximate surface area is 99.6 Å². The van der Waals surface area contributed by atoms with Crippen molar-refractivity contribution in [2.45, 2.75) is 20.4 Å². The molecule has 1 aromatic carbocycles. The molecule has 16 heavy (non-hydrogen) atoms. The summed E-state index contributed by atoms with van der Waals surface area (Å²) >= 11 is 0. The lowest BCUT2D eigenvalue weighted by atomic mass is 10.2. The number of rotatable bonds is 8. The highest BCUT2D eigenvalue weighted by Gasteiger charge is 2.13. The summed E-state index contributed by atoms with van der Waals surface area (Å²) in [5.74, 6) is 0. The molecule has 0 saturated heterocycles. The maximum absolute atomic E-state index is 5.54. The summed E-state index contributed by atoms with van der Waals surface area (Å²) in [4.78, 5) is 0. The van der Waals surface area contributed by atoms with Crippen LogP contribution in [0, 0.1) is 0 Å². The van der Waals surface area contributed by atoms with E-state index in [9.17, 15) is 0 Å². The standard InChI is InChI=1S/C12H20NO2Si/c1-3-14-16(15-4-2)11-13-10-12-8-6-5-7-9-12/h5-9,13H,3-4,10-11H2,1-2H3. The highest BCUT2D eigenvalue weighted by molar-refractivity contribution is 6.44. The smallest absolute Gasteiger partial charge is 0.393 e. The van der Waals surface area contributed by atoms with Gasteiger partial charge in [-0.25, -0.2) is 0 Å². The van der Waals surface area contributed by atoms with Gasteiger partial charge >= 0.3 is 9.28 Å². The summed E-state index contributed by atoms with van der Waals surface area (Å²) in [6, 6.07) is 10.3. The van der Waals surface area contributed by atoms with Crippen molar-refractivity contribution in [3.05, 3.63) is 35.9 Å². The first-order valence-corrected chi connectivity index (χ1v) is 7.25. The summed E-state index contributed by atoms with van der Waals surface area (Å²) in [5.41, 5.74) is 1.29. The highest BCUT2D eigenvalue weighted by atomic mass is 28.3. The van der Waals surface area contributed by atoms with Gasteiger partial charge in [0.05, 0.1) is 0 Å². The molecule has 89 valence electrons. The van der Waals surface area contributed by atoms with Crippen LogP contribution in [-0.4, -0.2) is 28.7 Å². The van der Waals surface area contributed by atoms with Gasteiger partial charge in [0.2, 0.25) is 0 Å². The molecule has 0 atom stereocenters. The van der Waals surface area contributed by atoms with Gasteiger partial charge in [-0.2, -0.15) is 0 Å². The van der Waals surface area contributed by atoms with Crippen molar-refractivity contribution in [2.24, 2.45) is 0 Å². The minimum Gasteiger partial charge on any atom is -0.393 e. The Morgan fingerprint density at radius 2 is 1.69 bits per heavy atom. The first-order valence-electron chi connectivity index (χ1n) is 5.72. The predicted molar refractivity (Wildman–Crippen MR) is 67.2 cm³/mol. The molecule has 0 aromatic heterocycles. The molecule has 0 unspecified atom stereocenters. The molecule has 0 amide bonds. The fraction of sp³-hybridized carbons (Fsp3) is 0.500. The Kier molecular flexibility index (Phi) is 7.08. The zero-order chi connectivity index (χ0) is 11.6. The molecule has 0 aliphatic carbocycles. The van der Waals surface area contributed by atoms with Gasteiger partial charge in [-0.15, -0.1) is 0 Å². The minimum atomic E-state index is -1.13. The average molecular weight is 238 g/mol. The first-order chi connectivity index (χ1) is 7.86. The van der Waals surface area contributed by atoms with E-state index in [0.29, 0.717) is 0 Å². The van der Waals surface area contributed by atoms with Crippen LogP contribution < -0.4 is 5.32 Å². The molecule has 0 aliphatic rings. The van der Waals surface area contributed by atoms with Crippen molar-refractivity contribution in [1.29, 1.82) is 0 Å². The Hall–Kier alpha value is -0.683. The Morgan fingerprint density at radius 1 is 1.06 bits per heavy atom. The third-order valence-corrected chi connectivity index (χ3v) is 3.81. The summed E-state index contributed by atoms with van der Waals surface area (Å²) in [5, 5.41) is 3.37. The average Bonchev–Trinajstić information content (AvgIpc) is 2.31. The third-order valence-electron chi connectivity index (χ3n) is 2.05. The van der Waals surface area contributed by atoms with E-state index in [1.807, 2.05) is 32.0 Å². The van der Waals surface area contributed by atoms with E-state index in [1.165, 1.54) is 5.56 Å². The monoisotopic (exact) mass is 238 g/mol. The summed E-state index contributed by atoms with van der Waals surface area (Å²) in [6.45, 7) is 6.32. The van der Waals surface area contributed by atoms with Crippen LogP contribution >= 0.6 is 0 Å². The zero-order valence-electron chi connectivity index (χ0n) is 10.0. The third kappa shape index (κ3) is 5.41. The SMILES string of the molecule is CCO[Si](CNCc1ccccc1)OCC. The number of benzene rings is 1. The van der Waals surface area contributed by atoms with Crippen LogP contribution in [0.5, 0.6) is 0 Å². The van der Waals surface area contributed by atoms with Crippen LogP contribution in [0.2, 0.25) is 0 Å². The zero-order valence-corrected chi connectivity index (χ0v) is 11.0.